The molecule has 17 heavy (non-hydrogen) atoms. The molecular formula is C15H26OSi. The van der Waals surface area contributed by atoms with E-state index in [1.165, 1.54) is 11.6 Å². The van der Waals surface area contributed by atoms with Crippen molar-refractivity contribution < 1.29 is 4.74 Å². The molecule has 2 heteroatoms. The zero-order valence-corrected chi connectivity index (χ0v) is 13.1. The van der Waals surface area contributed by atoms with Crippen molar-refractivity contribution in [2.75, 3.05) is 7.11 Å². The van der Waals surface area contributed by atoms with Crippen LogP contribution in [-0.4, -0.2) is 15.2 Å². The molecule has 1 rings (SSSR count). The first kappa shape index (κ1) is 14.5. The van der Waals surface area contributed by atoms with Crippen molar-refractivity contribution in [1.82, 2.24) is 0 Å². The lowest BCUT2D eigenvalue weighted by atomic mass is 10.1. The predicted octanol–water partition coefficient (Wildman–Crippen LogP) is 4.88. The van der Waals surface area contributed by atoms with Crippen LogP contribution in [0, 0.1) is 0 Å². The van der Waals surface area contributed by atoms with E-state index in [0.29, 0.717) is 5.04 Å². The van der Waals surface area contributed by atoms with Gasteiger partial charge in [0.2, 0.25) is 0 Å². The van der Waals surface area contributed by atoms with Crippen LogP contribution in [0.4, 0.5) is 0 Å². The first-order valence-corrected chi connectivity index (χ1v) is 9.56. The molecule has 1 nitrogen and oxygen atoms in total. The van der Waals surface area contributed by atoms with E-state index >= 15 is 0 Å². The number of benzene rings is 1. The fraction of sp³-hybridized carbons (Fsp3) is 0.600. The number of hydrogen-bond acceptors (Lipinski definition) is 1. The summed E-state index contributed by atoms with van der Waals surface area (Å²) in [6, 6.07) is 11.8. The van der Waals surface area contributed by atoms with Crippen molar-refractivity contribution in [3.8, 4) is 0 Å². The SMILES string of the molecule is COC(C[Si](C)(C)C(C)(C)C)c1ccccc1. The molecule has 0 amide bonds. The summed E-state index contributed by atoms with van der Waals surface area (Å²) in [6.45, 7) is 12.0. The molecule has 1 unspecified atom stereocenters. The predicted molar refractivity (Wildman–Crippen MR) is 78.2 cm³/mol. The van der Waals surface area contributed by atoms with Crippen LogP contribution in [0.1, 0.15) is 32.4 Å². The normalized spacial score (nSPS) is 14.7. The van der Waals surface area contributed by atoms with Crippen LogP contribution >= 0.6 is 0 Å². The largest absolute Gasteiger partial charge is 0.377 e. The van der Waals surface area contributed by atoms with E-state index in [9.17, 15) is 0 Å². The van der Waals surface area contributed by atoms with E-state index in [2.05, 4.69) is 64.2 Å². The third kappa shape index (κ3) is 3.68. The monoisotopic (exact) mass is 250 g/mol. The molecule has 1 aromatic carbocycles. The zero-order chi connectivity index (χ0) is 13.1. The van der Waals surface area contributed by atoms with Crippen molar-refractivity contribution in [3.05, 3.63) is 35.9 Å². The van der Waals surface area contributed by atoms with E-state index in [0.717, 1.165) is 0 Å². The maximum Gasteiger partial charge on any atom is 0.0798 e. The van der Waals surface area contributed by atoms with Crippen molar-refractivity contribution in [2.24, 2.45) is 0 Å². The zero-order valence-electron chi connectivity index (χ0n) is 12.1. The van der Waals surface area contributed by atoms with Gasteiger partial charge in [0.15, 0.2) is 0 Å². The van der Waals surface area contributed by atoms with Crippen LogP contribution in [-0.2, 0) is 4.74 Å². The average Bonchev–Trinajstić information content (AvgIpc) is 2.25. The maximum atomic E-state index is 5.70. The van der Waals surface area contributed by atoms with Gasteiger partial charge in [0, 0.05) is 7.11 Å². The van der Waals surface area contributed by atoms with Gasteiger partial charge in [-0.1, -0.05) is 64.2 Å². The number of hydrogen-bond donors (Lipinski definition) is 0. The smallest absolute Gasteiger partial charge is 0.0798 e. The lowest BCUT2D eigenvalue weighted by Gasteiger charge is -2.39. The Kier molecular flexibility index (Phi) is 4.56. The van der Waals surface area contributed by atoms with Crippen LogP contribution in [0.25, 0.3) is 0 Å². The molecule has 0 spiro atoms. The number of ether oxygens (including phenoxy) is 1. The second-order valence-electron chi connectivity index (χ2n) is 6.47. The second-order valence-corrected chi connectivity index (χ2v) is 12.1. The van der Waals surface area contributed by atoms with Crippen molar-refractivity contribution in [1.29, 1.82) is 0 Å². The molecular weight excluding hydrogens is 224 g/mol. The van der Waals surface area contributed by atoms with Gasteiger partial charge >= 0.3 is 0 Å². The molecule has 1 atom stereocenters. The summed E-state index contributed by atoms with van der Waals surface area (Å²) in [5, 5.41) is 0.415. The summed E-state index contributed by atoms with van der Waals surface area (Å²) in [5.41, 5.74) is 1.31. The molecule has 0 heterocycles. The fourth-order valence-corrected chi connectivity index (χ4v) is 3.72. The van der Waals surface area contributed by atoms with Crippen LogP contribution in [0.3, 0.4) is 0 Å². The van der Waals surface area contributed by atoms with Crippen LogP contribution < -0.4 is 0 Å². The van der Waals surface area contributed by atoms with Crippen LogP contribution in [0.5, 0.6) is 0 Å². The molecule has 0 radical (unpaired) electrons. The fourth-order valence-electron chi connectivity index (χ4n) is 1.77. The van der Waals surface area contributed by atoms with Crippen molar-refractivity contribution >= 4 is 8.07 Å². The minimum absolute atomic E-state index is 0.247. The van der Waals surface area contributed by atoms with Gasteiger partial charge in [-0.05, 0) is 16.6 Å². The van der Waals surface area contributed by atoms with Crippen LogP contribution in [0.15, 0.2) is 30.3 Å². The highest BCUT2D eigenvalue weighted by Crippen LogP contribution is 2.42. The van der Waals surface area contributed by atoms with E-state index in [-0.39, 0.29) is 6.10 Å². The standard InChI is InChI=1S/C15H26OSi/c1-15(2,3)17(5,6)12-14(16-4)13-10-8-7-9-11-13/h7-11,14H,12H2,1-6H3. The van der Waals surface area contributed by atoms with E-state index in [4.69, 9.17) is 4.74 Å². The summed E-state index contributed by atoms with van der Waals surface area (Å²) >= 11 is 0. The molecule has 0 aromatic heterocycles. The molecule has 0 saturated carbocycles. The minimum Gasteiger partial charge on any atom is -0.377 e. The Morgan fingerprint density at radius 2 is 1.65 bits per heavy atom. The average molecular weight is 250 g/mol. The highest BCUT2D eigenvalue weighted by atomic mass is 28.3. The third-order valence-corrected chi connectivity index (χ3v) is 9.63. The molecule has 0 bridgehead atoms. The Hall–Kier alpha value is -0.603. The van der Waals surface area contributed by atoms with Crippen molar-refractivity contribution in [3.63, 3.8) is 0 Å². The Morgan fingerprint density at radius 1 is 1.12 bits per heavy atom. The minimum atomic E-state index is -1.30. The van der Waals surface area contributed by atoms with Gasteiger partial charge in [0.1, 0.15) is 0 Å². The number of rotatable bonds is 4. The molecule has 0 aliphatic rings. The summed E-state index contributed by atoms with van der Waals surface area (Å²) in [7, 11) is 0.527. The van der Waals surface area contributed by atoms with Gasteiger partial charge in [-0.25, -0.2) is 0 Å². The third-order valence-electron chi connectivity index (χ3n) is 4.18. The molecule has 0 fully saturated rings. The van der Waals surface area contributed by atoms with E-state index < -0.39 is 8.07 Å². The van der Waals surface area contributed by atoms with Gasteiger partial charge in [0.05, 0.1) is 14.2 Å². The number of methoxy groups -OCH3 is 1. The highest BCUT2D eigenvalue weighted by Gasteiger charge is 2.37. The first-order valence-electron chi connectivity index (χ1n) is 6.36. The van der Waals surface area contributed by atoms with Gasteiger partial charge in [-0.3, -0.25) is 0 Å². The quantitative estimate of drug-likeness (QED) is 0.692. The first-order chi connectivity index (χ1) is 7.78. The molecule has 96 valence electrons. The Bertz CT molecular complexity index is 338. The molecule has 0 aliphatic heterocycles. The topological polar surface area (TPSA) is 9.23 Å². The Labute approximate surface area is 107 Å². The summed E-state index contributed by atoms with van der Waals surface area (Å²) in [4.78, 5) is 0. The maximum absolute atomic E-state index is 5.70. The Morgan fingerprint density at radius 3 is 2.06 bits per heavy atom. The van der Waals surface area contributed by atoms with Gasteiger partial charge in [0.25, 0.3) is 0 Å². The summed E-state index contributed by atoms with van der Waals surface area (Å²) in [5.74, 6) is 0. The lowest BCUT2D eigenvalue weighted by Crippen LogP contribution is -2.38. The molecule has 0 saturated heterocycles. The van der Waals surface area contributed by atoms with Gasteiger partial charge in [-0.2, -0.15) is 0 Å². The Balaban J connectivity index is 2.85. The second kappa shape index (κ2) is 5.36. The van der Waals surface area contributed by atoms with E-state index in [1.807, 2.05) is 7.11 Å². The molecule has 0 aliphatic carbocycles. The summed E-state index contributed by atoms with van der Waals surface area (Å²) in [6.07, 6.45) is 0.247. The van der Waals surface area contributed by atoms with Crippen LogP contribution in [0.2, 0.25) is 24.2 Å². The molecule has 1 aromatic rings. The lowest BCUT2D eigenvalue weighted by molar-refractivity contribution is 0.117. The van der Waals surface area contributed by atoms with Crippen molar-refractivity contribution in [2.45, 2.75) is 51.1 Å². The summed E-state index contributed by atoms with van der Waals surface area (Å²) < 4.78 is 5.70. The highest BCUT2D eigenvalue weighted by molar-refractivity contribution is 6.80. The van der Waals surface area contributed by atoms with Gasteiger partial charge < -0.3 is 4.74 Å². The molecule has 0 N–H and O–H groups in total. The van der Waals surface area contributed by atoms with E-state index in [1.54, 1.807) is 0 Å². The van der Waals surface area contributed by atoms with Gasteiger partial charge in [-0.15, -0.1) is 0 Å².